The molecule has 0 aromatic carbocycles. The summed E-state index contributed by atoms with van der Waals surface area (Å²) in [7, 11) is -3.13. The summed E-state index contributed by atoms with van der Waals surface area (Å²) in [5.74, 6) is 0.188. The van der Waals surface area contributed by atoms with Crippen molar-refractivity contribution in [1.29, 1.82) is 0 Å². The van der Waals surface area contributed by atoms with Crippen LogP contribution in [-0.2, 0) is 14.8 Å². The van der Waals surface area contributed by atoms with Gasteiger partial charge in [0, 0.05) is 31.7 Å². The first-order valence-electron chi connectivity index (χ1n) is 8.27. The maximum Gasteiger partial charge on any atom is 0.237 e. The van der Waals surface area contributed by atoms with Crippen molar-refractivity contribution in [1.82, 2.24) is 14.1 Å². The van der Waals surface area contributed by atoms with Crippen LogP contribution in [-0.4, -0.2) is 79.5 Å². The summed E-state index contributed by atoms with van der Waals surface area (Å²) < 4.78 is 24.8. The van der Waals surface area contributed by atoms with E-state index in [1.807, 2.05) is 4.90 Å². The van der Waals surface area contributed by atoms with Gasteiger partial charge in [0.1, 0.15) is 0 Å². The highest BCUT2D eigenvalue weighted by Gasteiger charge is 2.30. The van der Waals surface area contributed by atoms with E-state index in [9.17, 15) is 13.2 Å². The second-order valence-electron chi connectivity index (χ2n) is 6.72. The highest BCUT2D eigenvalue weighted by atomic mass is 32.2. The van der Waals surface area contributed by atoms with Crippen molar-refractivity contribution in [2.45, 2.75) is 51.6 Å². The van der Waals surface area contributed by atoms with Crippen LogP contribution in [0, 0.1) is 0 Å². The molecular formula is C15H29N3O3S. The molecule has 6 nitrogen and oxygen atoms in total. The van der Waals surface area contributed by atoms with Crippen LogP contribution in [0.15, 0.2) is 0 Å². The van der Waals surface area contributed by atoms with Crippen LogP contribution in [0.5, 0.6) is 0 Å². The number of carbonyl (C=O) groups is 1. The molecule has 22 heavy (non-hydrogen) atoms. The molecule has 0 saturated carbocycles. The number of likely N-dealkylation sites (tertiary alicyclic amines) is 1. The fourth-order valence-electron chi connectivity index (χ4n) is 3.62. The topological polar surface area (TPSA) is 60.9 Å². The van der Waals surface area contributed by atoms with Crippen LogP contribution in [0.1, 0.15) is 39.5 Å². The molecule has 2 atom stereocenters. The van der Waals surface area contributed by atoms with Gasteiger partial charge in [-0.05, 0) is 46.1 Å². The van der Waals surface area contributed by atoms with E-state index < -0.39 is 10.0 Å². The van der Waals surface area contributed by atoms with Crippen molar-refractivity contribution < 1.29 is 13.2 Å². The molecule has 1 amide bonds. The third kappa shape index (κ3) is 4.43. The minimum atomic E-state index is -3.13. The van der Waals surface area contributed by atoms with Crippen LogP contribution in [0.2, 0.25) is 0 Å². The maximum atomic E-state index is 12.6. The number of nitrogens with zero attached hydrogens (tertiary/aromatic N) is 3. The van der Waals surface area contributed by atoms with E-state index in [0.717, 1.165) is 25.8 Å². The predicted octanol–water partition coefficient (Wildman–Crippen LogP) is 0.743. The van der Waals surface area contributed by atoms with Crippen molar-refractivity contribution in [2.24, 2.45) is 0 Å². The van der Waals surface area contributed by atoms with Gasteiger partial charge in [-0.3, -0.25) is 9.69 Å². The molecule has 7 heteroatoms. The van der Waals surface area contributed by atoms with Gasteiger partial charge in [0.2, 0.25) is 15.9 Å². The molecule has 0 aromatic rings. The van der Waals surface area contributed by atoms with E-state index in [0.29, 0.717) is 38.3 Å². The number of hydrogen-bond donors (Lipinski definition) is 0. The van der Waals surface area contributed by atoms with Gasteiger partial charge in [0.05, 0.1) is 12.8 Å². The van der Waals surface area contributed by atoms with Gasteiger partial charge < -0.3 is 4.90 Å². The molecule has 2 unspecified atom stereocenters. The maximum absolute atomic E-state index is 12.6. The van der Waals surface area contributed by atoms with Gasteiger partial charge in [-0.2, -0.15) is 0 Å². The van der Waals surface area contributed by atoms with Crippen molar-refractivity contribution in [2.75, 3.05) is 39.0 Å². The van der Waals surface area contributed by atoms with Gasteiger partial charge in [0.25, 0.3) is 0 Å². The van der Waals surface area contributed by atoms with E-state index in [2.05, 4.69) is 18.7 Å². The molecule has 0 bridgehead atoms. The fraction of sp³-hybridized carbons (Fsp3) is 0.933. The smallest absolute Gasteiger partial charge is 0.237 e. The summed E-state index contributed by atoms with van der Waals surface area (Å²) in [6.07, 6.45) is 5.39. The molecule has 2 aliphatic heterocycles. The van der Waals surface area contributed by atoms with E-state index in [1.165, 1.54) is 17.0 Å². The Morgan fingerprint density at radius 3 is 2.23 bits per heavy atom. The summed E-state index contributed by atoms with van der Waals surface area (Å²) >= 11 is 0. The summed E-state index contributed by atoms with van der Waals surface area (Å²) in [5, 5.41) is 0. The molecule has 0 spiro atoms. The van der Waals surface area contributed by atoms with Gasteiger partial charge in [-0.15, -0.1) is 0 Å². The molecule has 0 N–H and O–H groups in total. The third-order valence-electron chi connectivity index (χ3n) is 4.86. The minimum absolute atomic E-state index is 0.188. The second-order valence-corrected chi connectivity index (χ2v) is 8.70. The molecule has 0 aromatic heterocycles. The molecule has 0 radical (unpaired) electrons. The fourth-order valence-corrected chi connectivity index (χ4v) is 4.50. The monoisotopic (exact) mass is 331 g/mol. The quantitative estimate of drug-likeness (QED) is 0.765. The molecule has 128 valence electrons. The Bertz CT molecular complexity index is 484. The van der Waals surface area contributed by atoms with Crippen LogP contribution in [0.4, 0.5) is 0 Å². The van der Waals surface area contributed by atoms with Gasteiger partial charge in [-0.1, -0.05) is 0 Å². The molecule has 2 saturated heterocycles. The molecular weight excluding hydrogens is 302 g/mol. The Morgan fingerprint density at radius 2 is 1.64 bits per heavy atom. The first-order valence-corrected chi connectivity index (χ1v) is 10.1. The predicted molar refractivity (Wildman–Crippen MR) is 87.1 cm³/mol. The third-order valence-corrected chi connectivity index (χ3v) is 6.16. The number of sulfonamides is 1. The Kier molecular flexibility index (Phi) is 5.85. The summed E-state index contributed by atoms with van der Waals surface area (Å²) in [6.45, 7) is 7.12. The molecule has 2 fully saturated rings. The Balaban J connectivity index is 1.92. The van der Waals surface area contributed by atoms with Gasteiger partial charge in [-0.25, -0.2) is 12.7 Å². The zero-order valence-corrected chi connectivity index (χ0v) is 14.8. The van der Waals surface area contributed by atoms with E-state index in [4.69, 9.17) is 0 Å². The van der Waals surface area contributed by atoms with Gasteiger partial charge >= 0.3 is 0 Å². The molecule has 2 aliphatic rings. The highest BCUT2D eigenvalue weighted by molar-refractivity contribution is 7.88. The Morgan fingerprint density at radius 1 is 1.00 bits per heavy atom. The SMILES string of the molecule is CC1CCCC(C)N1C(=O)CN1CCCN(S(C)(=O)=O)CC1. The molecule has 2 rings (SSSR count). The number of piperidine rings is 1. The first kappa shape index (κ1) is 17.7. The average Bonchev–Trinajstić information content (AvgIpc) is 2.63. The Labute approximate surface area is 134 Å². The zero-order chi connectivity index (χ0) is 16.3. The van der Waals surface area contributed by atoms with Gasteiger partial charge in [0.15, 0.2) is 0 Å². The highest BCUT2D eigenvalue weighted by Crippen LogP contribution is 2.22. The average molecular weight is 331 g/mol. The number of carbonyl (C=O) groups excluding carboxylic acids is 1. The standard InChI is InChI=1S/C15H29N3O3S/c1-13-6-4-7-14(2)18(13)15(19)12-16-8-5-9-17(11-10-16)22(3,20)21/h13-14H,4-12H2,1-3H3. The van der Waals surface area contributed by atoms with Crippen molar-refractivity contribution in [3.63, 3.8) is 0 Å². The van der Waals surface area contributed by atoms with E-state index in [1.54, 1.807) is 0 Å². The normalized spacial score (nSPS) is 29.3. The van der Waals surface area contributed by atoms with Crippen LogP contribution in [0.3, 0.4) is 0 Å². The van der Waals surface area contributed by atoms with Crippen LogP contribution < -0.4 is 0 Å². The van der Waals surface area contributed by atoms with Crippen LogP contribution >= 0.6 is 0 Å². The lowest BCUT2D eigenvalue weighted by Crippen LogP contribution is -2.51. The lowest BCUT2D eigenvalue weighted by Gasteiger charge is -2.40. The largest absolute Gasteiger partial charge is 0.336 e. The lowest BCUT2D eigenvalue weighted by atomic mass is 9.97. The molecule has 0 aliphatic carbocycles. The zero-order valence-electron chi connectivity index (χ0n) is 14.0. The number of hydrogen-bond acceptors (Lipinski definition) is 4. The summed E-state index contributed by atoms with van der Waals surface area (Å²) in [6, 6.07) is 0.631. The van der Waals surface area contributed by atoms with Crippen LogP contribution in [0.25, 0.3) is 0 Å². The number of amides is 1. The van der Waals surface area contributed by atoms with Crippen molar-refractivity contribution in [3.05, 3.63) is 0 Å². The van der Waals surface area contributed by atoms with Crippen molar-refractivity contribution in [3.8, 4) is 0 Å². The van der Waals surface area contributed by atoms with Crippen molar-refractivity contribution >= 4 is 15.9 Å². The van der Waals surface area contributed by atoms with E-state index in [-0.39, 0.29) is 5.91 Å². The number of rotatable bonds is 3. The minimum Gasteiger partial charge on any atom is -0.336 e. The molecule has 2 heterocycles. The second kappa shape index (κ2) is 7.27. The summed E-state index contributed by atoms with van der Waals surface area (Å²) in [5.41, 5.74) is 0. The Hall–Kier alpha value is -0.660. The van der Waals surface area contributed by atoms with E-state index >= 15 is 0 Å². The first-order chi connectivity index (χ1) is 10.3. The summed E-state index contributed by atoms with van der Waals surface area (Å²) in [4.78, 5) is 16.8. The lowest BCUT2D eigenvalue weighted by molar-refractivity contribution is -0.138.